The molecule has 2 aromatic rings. The Morgan fingerprint density at radius 3 is 2.47 bits per heavy atom. The van der Waals surface area contributed by atoms with E-state index in [4.69, 9.17) is 16.1 Å². The zero-order valence-corrected chi connectivity index (χ0v) is 19.8. The zero-order chi connectivity index (χ0) is 23.3. The van der Waals surface area contributed by atoms with Crippen molar-refractivity contribution in [3.05, 3.63) is 60.3 Å². The first-order chi connectivity index (χ1) is 15.3. The van der Waals surface area contributed by atoms with E-state index in [2.05, 4.69) is 32.6 Å². The lowest BCUT2D eigenvalue weighted by Crippen LogP contribution is -2.43. The fraction of sp³-hybridized carbons (Fsp3) is 0.444. The molecular formula is C27H36N4O. The molecule has 170 valence electrons. The molecule has 3 rings (SSSR count). The molecule has 0 spiro atoms. The predicted octanol–water partition coefficient (Wildman–Crippen LogP) is 5.36. The fourth-order valence-corrected chi connectivity index (χ4v) is 4.65. The Hall–Kier alpha value is -2.79. The molecule has 1 aromatic heterocycles. The molecular weight excluding hydrogens is 396 g/mol. The van der Waals surface area contributed by atoms with Crippen molar-refractivity contribution in [2.45, 2.75) is 65.5 Å². The summed E-state index contributed by atoms with van der Waals surface area (Å²) in [6.07, 6.45) is 8.91. The van der Waals surface area contributed by atoms with Gasteiger partial charge in [-0.05, 0) is 65.3 Å². The monoisotopic (exact) mass is 432 g/mol. The molecule has 1 aliphatic carbocycles. The molecule has 1 aliphatic rings. The molecule has 0 saturated heterocycles. The molecule has 32 heavy (non-hydrogen) atoms. The number of carbonyl (C=O) groups excluding carboxylic acids is 1. The van der Waals surface area contributed by atoms with E-state index in [0.29, 0.717) is 29.8 Å². The average molecular weight is 433 g/mol. The molecule has 1 atom stereocenters. The number of ketones is 1. The van der Waals surface area contributed by atoms with Crippen molar-refractivity contribution in [1.29, 1.82) is 5.41 Å². The number of para-hydroxylation sites is 1. The summed E-state index contributed by atoms with van der Waals surface area (Å²) >= 11 is 0. The minimum absolute atomic E-state index is 0.0869. The highest BCUT2D eigenvalue weighted by atomic mass is 16.1. The second-order valence-electron chi connectivity index (χ2n) is 9.28. The second-order valence-corrected chi connectivity index (χ2v) is 9.28. The van der Waals surface area contributed by atoms with Crippen LogP contribution < -0.4 is 5.73 Å². The van der Waals surface area contributed by atoms with E-state index < -0.39 is 5.41 Å². The number of amidine groups is 1. The molecule has 1 unspecified atom stereocenters. The van der Waals surface area contributed by atoms with E-state index in [-0.39, 0.29) is 11.6 Å². The summed E-state index contributed by atoms with van der Waals surface area (Å²) in [5, 5.41) is 9.29. The van der Waals surface area contributed by atoms with Crippen LogP contribution >= 0.6 is 0 Å². The van der Waals surface area contributed by atoms with Gasteiger partial charge in [-0.3, -0.25) is 15.1 Å². The van der Waals surface area contributed by atoms with E-state index in [1.807, 2.05) is 42.5 Å². The lowest BCUT2D eigenvalue weighted by molar-refractivity contribution is -0.118. The van der Waals surface area contributed by atoms with Gasteiger partial charge in [0.1, 0.15) is 11.3 Å². The number of unbranched alkanes of at least 4 members (excludes halogenated alkanes) is 2. The molecule has 0 radical (unpaired) electrons. The Labute approximate surface area is 191 Å². The molecule has 5 nitrogen and oxygen atoms in total. The van der Waals surface area contributed by atoms with Gasteiger partial charge in [-0.25, -0.2) is 4.98 Å². The van der Waals surface area contributed by atoms with E-state index in [1.54, 1.807) is 12.2 Å². The lowest BCUT2D eigenvalue weighted by atomic mass is 9.72. The predicted molar refractivity (Wildman–Crippen MR) is 134 cm³/mol. The summed E-state index contributed by atoms with van der Waals surface area (Å²) in [5.41, 5.74) is 6.95. The molecule has 1 heterocycles. The third kappa shape index (κ3) is 4.99. The number of rotatable bonds is 10. The van der Waals surface area contributed by atoms with Crippen LogP contribution in [0.5, 0.6) is 0 Å². The second kappa shape index (κ2) is 10.2. The van der Waals surface area contributed by atoms with E-state index in [1.165, 1.54) is 0 Å². The maximum absolute atomic E-state index is 13.6. The van der Waals surface area contributed by atoms with Crippen LogP contribution in [0, 0.1) is 10.8 Å². The van der Waals surface area contributed by atoms with Crippen molar-refractivity contribution in [3.8, 4) is 0 Å². The van der Waals surface area contributed by atoms with E-state index >= 15 is 0 Å². The number of nitrogens with one attached hydrogen (secondary N) is 1. The molecule has 3 N–H and O–H groups in total. The molecule has 0 fully saturated rings. The standard InChI is InChI=1S/C27H36N4O/c1-19(2)31(20(3)4)18-9-5-8-16-27(26(28)29)17-10-12-22(25(27)32)24-15-14-21-11-6-7-13-23(21)30-24/h6-7,10-15,17,19-20H,5,8-9,16,18H2,1-4H3,(H3,28,29). The zero-order valence-electron chi connectivity index (χ0n) is 19.8. The van der Waals surface area contributed by atoms with Crippen LogP contribution in [0.1, 0.15) is 59.1 Å². The third-order valence-corrected chi connectivity index (χ3v) is 6.46. The Morgan fingerprint density at radius 1 is 1.06 bits per heavy atom. The number of hydrogen-bond acceptors (Lipinski definition) is 4. The first-order valence-corrected chi connectivity index (χ1v) is 11.7. The molecule has 1 aromatic carbocycles. The lowest BCUT2D eigenvalue weighted by Gasteiger charge is -2.32. The van der Waals surface area contributed by atoms with Gasteiger partial charge >= 0.3 is 0 Å². The Morgan fingerprint density at radius 2 is 1.78 bits per heavy atom. The van der Waals surface area contributed by atoms with Crippen LogP contribution in [0.15, 0.2) is 54.6 Å². The van der Waals surface area contributed by atoms with Crippen LogP contribution in [-0.2, 0) is 4.79 Å². The topological polar surface area (TPSA) is 83.1 Å². The number of allylic oxidation sites excluding steroid dienone is 3. The summed E-state index contributed by atoms with van der Waals surface area (Å²) in [5.74, 6) is -0.211. The minimum Gasteiger partial charge on any atom is -0.387 e. The number of carbonyl (C=O) groups is 1. The van der Waals surface area contributed by atoms with Crippen LogP contribution in [0.2, 0.25) is 0 Å². The quantitative estimate of drug-likeness (QED) is 0.301. The summed E-state index contributed by atoms with van der Waals surface area (Å²) in [7, 11) is 0. The van der Waals surface area contributed by atoms with Gasteiger partial charge in [-0.15, -0.1) is 0 Å². The first kappa shape index (κ1) is 23.9. The van der Waals surface area contributed by atoms with E-state index in [0.717, 1.165) is 36.7 Å². The van der Waals surface area contributed by atoms with Gasteiger partial charge in [0, 0.05) is 23.0 Å². The van der Waals surface area contributed by atoms with Gasteiger partial charge in [-0.2, -0.15) is 0 Å². The number of aromatic nitrogens is 1. The molecule has 0 amide bonds. The smallest absolute Gasteiger partial charge is 0.182 e. The highest BCUT2D eigenvalue weighted by Crippen LogP contribution is 2.37. The average Bonchev–Trinajstić information content (AvgIpc) is 2.76. The van der Waals surface area contributed by atoms with Crippen LogP contribution in [0.25, 0.3) is 16.5 Å². The van der Waals surface area contributed by atoms with Gasteiger partial charge in [0.25, 0.3) is 0 Å². The highest BCUT2D eigenvalue weighted by molar-refractivity contribution is 6.31. The van der Waals surface area contributed by atoms with Crippen molar-refractivity contribution in [2.24, 2.45) is 11.1 Å². The first-order valence-electron chi connectivity index (χ1n) is 11.7. The SMILES string of the molecule is CC(C)N(CCCCCC1(C(=N)N)C=CC=C(c2ccc3ccccc3n2)C1=O)C(C)C. The van der Waals surface area contributed by atoms with Crippen molar-refractivity contribution >= 4 is 28.1 Å². The number of benzene rings is 1. The molecule has 0 bridgehead atoms. The van der Waals surface area contributed by atoms with Gasteiger partial charge in [0.15, 0.2) is 5.78 Å². The van der Waals surface area contributed by atoms with Gasteiger partial charge < -0.3 is 5.73 Å². The van der Waals surface area contributed by atoms with Crippen molar-refractivity contribution in [2.75, 3.05) is 6.54 Å². The normalized spacial score (nSPS) is 18.7. The summed E-state index contributed by atoms with van der Waals surface area (Å²) in [4.78, 5) is 20.8. The number of hydrogen-bond donors (Lipinski definition) is 2. The Bertz CT molecular complexity index is 1030. The van der Waals surface area contributed by atoms with Crippen LogP contribution in [0.4, 0.5) is 0 Å². The molecule has 0 saturated carbocycles. The van der Waals surface area contributed by atoms with Crippen molar-refractivity contribution in [3.63, 3.8) is 0 Å². The van der Waals surface area contributed by atoms with Gasteiger partial charge in [0.05, 0.1) is 11.2 Å². The summed E-state index contributed by atoms with van der Waals surface area (Å²) in [6.45, 7) is 9.95. The third-order valence-electron chi connectivity index (χ3n) is 6.46. The number of pyridine rings is 1. The van der Waals surface area contributed by atoms with Gasteiger partial charge in [-0.1, -0.05) is 49.3 Å². The van der Waals surface area contributed by atoms with Crippen LogP contribution in [-0.4, -0.2) is 40.1 Å². The Balaban J connectivity index is 1.71. The summed E-state index contributed by atoms with van der Waals surface area (Å²) < 4.78 is 0. The summed E-state index contributed by atoms with van der Waals surface area (Å²) in [6, 6.07) is 12.8. The Kier molecular flexibility index (Phi) is 7.62. The van der Waals surface area contributed by atoms with Crippen LogP contribution in [0.3, 0.4) is 0 Å². The molecule has 0 aliphatic heterocycles. The highest BCUT2D eigenvalue weighted by Gasteiger charge is 2.42. The minimum atomic E-state index is -1.08. The van der Waals surface area contributed by atoms with Gasteiger partial charge in [0.2, 0.25) is 0 Å². The number of nitrogens with zero attached hydrogens (tertiary/aromatic N) is 2. The maximum atomic E-state index is 13.6. The number of nitrogens with two attached hydrogens (primary N) is 1. The maximum Gasteiger partial charge on any atom is 0.182 e. The van der Waals surface area contributed by atoms with Crippen molar-refractivity contribution < 1.29 is 4.79 Å². The van der Waals surface area contributed by atoms with E-state index in [9.17, 15) is 4.79 Å². The number of fused-ring (bicyclic) bond motifs is 1. The fourth-order valence-electron chi connectivity index (χ4n) is 4.65. The number of Topliss-reactive ketones (excluding diaryl/α,β-unsaturated/α-hetero) is 1. The largest absolute Gasteiger partial charge is 0.387 e. The molecule has 5 heteroatoms. The van der Waals surface area contributed by atoms with Crippen molar-refractivity contribution in [1.82, 2.24) is 9.88 Å².